The largest absolute Gasteiger partial charge is 0.492 e. The summed E-state index contributed by atoms with van der Waals surface area (Å²) in [6, 6.07) is 14.7. The van der Waals surface area contributed by atoms with Crippen molar-refractivity contribution in [3.05, 3.63) is 64.7 Å². The number of hydrogen-bond donors (Lipinski definition) is 1. The number of carbonyl (C=O) groups excluding carboxylic acids is 1. The van der Waals surface area contributed by atoms with Crippen LogP contribution >= 0.6 is 0 Å². The number of benzene rings is 2. The molecule has 136 valence electrons. The monoisotopic (exact) mass is 350 g/mol. The van der Waals surface area contributed by atoms with Gasteiger partial charge in [0.2, 0.25) is 5.91 Å². The number of likely N-dealkylation sites (tertiary alicyclic amines) is 1. The van der Waals surface area contributed by atoms with Gasteiger partial charge in [0, 0.05) is 11.6 Å². The van der Waals surface area contributed by atoms with Crippen LogP contribution in [0.15, 0.2) is 42.5 Å². The third-order valence-electron chi connectivity index (χ3n) is 5.59. The zero-order chi connectivity index (χ0) is 17.9. The van der Waals surface area contributed by atoms with Crippen LogP contribution < -0.4 is 10.5 Å². The van der Waals surface area contributed by atoms with E-state index in [1.165, 1.54) is 37.1 Å². The van der Waals surface area contributed by atoms with Crippen molar-refractivity contribution in [3.63, 3.8) is 0 Å². The predicted molar refractivity (Wildman–Crippen MR) is 103 cm³/mol. The molecule has 0 aliphatic carbocycles. The van der Waals surface area contributed by atoms with Crippen LogP contribution in [-0.2, 0) is 19.3 Å². The van der Waals surface area contributed by atoms with Crippen molar-refractivity contribution in [2.45, 2.75) is 38.1 Å². The van der Waals surface area contributed by atoms with Gasteiger partial charge in [-0.2, -0.15) is 0 Å². The number of nitrogens with two attached hydrogens (primary N) is 1. The lowest BCUT2D eigenvalue weighted by Crippen LogP contribution is -2.41. The first-order valence-corrected chi connectivity index (χ1v) is 9.56. The van der Waals surface area contributed by atoms with E-state index in [9.17, 15) is 4.79 Å². The van der Waals surface area contributed by atoms with Gasteiger partial charge in [-0.1, -0.05) is 24.3 Å². The van der Waals surface area contributed by atoms with Gasteiger partial charge in [-0.3, -0.25) is 9.69 Å². The summed E-state index contributed by atoms with van der Waals surface area (Å²) in [6.45, 7) is 3.23. The van der Waals surface area contributed by atoms with Crippen molar-refractivity contribution >= 4 is 5.91 Å². The first-order chi connectivity index (χ1) is 12.7. The standard InChI is InChI=1S/C22H26N2O2/c23-22(25)19-5-3-4-16(12-19)6-7-17-8-9-18-14-20(15-26-21(18)13-17)24-10-1-2-11-24/h3-5,8-9,12-13,20H,1-2,6-7,10-11,14-15H2,(H2,23,25). The molecule has 4 nitrogen and oxygen atoms in total. The molecule has 4 rings (SSSR count). The van der Waals surface area contributed by atoms with E-state index in [0.29, 0.717) is 11.6 Å². The molecule has 1 amide bonds. The second-order valence-electron chi connectivity index (χ2n) is 7.42. The lowest BCUT2D eigenvalue weighted by Gasteiger charge is -2.32. The maximum absolute atomic E-state index is 11.3. The molecular formula is C22H26N2O2. The maximum atomic E-state index is 11.3. The van der Waals surface area contributed by atoms with Gasteiger partial charge >= 0.3 is 0 Å². The number of carbonyl (C=O) groups is 1. The van der Waals surface area contributed by atoms with E-state index >= 15 is 0 Å². The molecule has 4 heteroatoms. The van der Waals surface area contributed by atoms with Crippen molar-refractivity contribution in [2.75, 3.05) is 19.7 Å². The molecule has 1 atom stereocenters. The minimum Gasteiger partial charge on any atom is -0.492 e. The number of fused-ring (bicyclic) bond motifs is 1. The molecule has 2 aromatic carbocycles. The Bertz CT molecular complexity index is 796. The molecular weight excluding hydrogens is 324 g/mol. The van der Waals surface area contributed by atoms with Crippen LogP contribution in [0.3, 0.4) is 0 Å². The van der Waals surface area contributed by atoms with Crippen molar-refractivity contribution in [1.29, 1.82) is 0 Å². The summed E-state index contributed by atoms with van der Waals surface area (Å²) < 4.78 is 6.09. The predicted octanol–water partition coefficient (Wildman–Crippen LogP) is 2.97. The van der Waals surface area contributed by atoms with E-state index in [-0.39, 0.29) is 5.91 Å². The molecule has 26 heavy (non-hydrogen) atoms. The van der Waals surface area contributed by atoms with Crippen LogP contribution in [0.5, 0.6) is 5.75 Å². The number of rotatable bonds is 5. The summed E-state index contributed by atoms with van der Waals surface area (Å²) in [7, 11) is 0. The Hall–Kier alpha value is -2.33. The van der Waals surface area contributed by atoms with Crippen LogP contribution in [0.25, 0.3) is 0 Å². The third kappa shape index (κ3) is 3.75. The number of nitrogens with zero attached hydrogens (tertiary/aromatic N) is 1. The highest BCUT2D eigenvalue weighted by molar-refractivity contribution is 5.92. The third-order valence-corrected chi connectivity index (χ3v) is 5.59. The highest BCUT2D eigenvalue weighted by Crippen LogP contribution is 2.29. The fourth-order valence-corrected chi connectivity index (χ4v) is 4.07. The smallest absolute Gasteiger partial charge is 0.248 e. The zero-order valence-electron chi connectivity index (χ0n) is 15.1. The second-order valence-corrected chi connectivity index (χ2v) is 7.42. The molecule has 0 spiro atoms. The Morgan fingerprint density at radius 2 is 1.85 bits per heavy atom. The number of primary amides is 1. The Balaban J connectivity index is 1.40. The highest BCUT2D eigenvalue weighted by atomic mass is 16.5. The first kappa shape index (κ1) is 17.1. The fourth-order valence-electron chi connectivity index (χ4n) is 4.07. The SMILES string of the molecule is NC(=O)c1cccc(CCc2ccc3c(c2)OCC(N2CCCC2)C3)c1. The molecule has 2 aromatic rings. The van der Waals surface area contributed by atoms with Gasteiger partial charge in [-0.15, -0.1) is 0 Å². The second kappa shape index (κ2) is 7.50. The lowest BCUT2D eigenvalue weighted by atomic mass is 9.97. The molecule has 2 aliphatic heterocycles. The average Bonchev–Trinajstić information content (AvgIpc) is 3.21. The van der Waals surface area contributed by atoms with Crippen LogP contribution in [0.1, 0.15) is 39.9 Å². The van der Waals surface area contributed by atoms with Gasteiger partial charge in [-0.05, 0) is 80.1 Å². The molecule has 2 aliphatic rings. The van der Waals surface area contributed by atoms with Gasteiger partial charge in [0.05, 0.1) is 0 Å². The van der Waals surface area contributed by atoms with E-state index in [1.807, 2.05) is 18.2 Å². The summed E-state index contributed by atoms with van der Waals surface area (Å²) in [6.07, 6.45) is 5.54. The summed E-state index contributed by atoms with van der Waals surface area (Å²) in [5.74, 6) is 0.672. The van der Waals surface area contributed by atoms with E-state index in [1.54, 1.807) is 6.07 Å². The van der Waals surface area contributed by atoms with E-state index in [4.69, 9.17) is 10.5 Å². The summed E-state index contributed by atoms with van der Waals surface area (Å²) in [5.41, 5.74) is 9.67. The lowest BCUT2D eigenvalue weighted by molar-refractivity contribution is 0.1000. The van der Waals surface area contributed by atoms with E-state index in [2.05, 4.69) is 23.1 Å². The molecule has 0 saturated carbocycles. The average molecular weight is 350 g/mol. The van der Waals surface area contributed by atoms with Gasteiger partial charge in [0.1, 0.15) is 12.4 Å². The minimum absolute atomic E-state index is 0.374. The van der Waals surface area contributed by atoms with E-state index < -0.39 is 0 Å². The van der Waals surface area contributed by atoms with Crippen molar-refractivity contribution in [3.8, 4) is 5.75 Å². The summed E-state index contributed by atoms with van der Waals surface area (Å²) in [5, 5.41) is 0. The number of hydrogen-bond acceptors (Lipinski definition) is 3. The number of amides is 1. The van der Waals surface area contributed by atoms with Gasteiger partial charge in [0.15, 0.2) is 0 Å². The molecule has 1 fully saturated rings. The van der Waals surface area contributed by atoms with Crippen LogP contribution in [-0.4, -0.2) is 36.5 Å². The van der Waals surface area contributed by atoms with Crippen molar-refractivity contribution < 1.29 is 9.53 Å². The Labute approximate surface area is 155 Å². The van der Waals surface area contributed by atoms with Crippen molar-refractivity contribution in [2.24, 2.45) is 5.73 Å². The highest BCUT2D eigenvalue weighted by Gasteiger charge is 2.27. The Kier molecular flexibility index (Phi) is 4.93. The maximum Gasteiger partial charge on any atom is 0.248 e. The summed E-state index contributed by atoms with van der Waals surface area (Å²) >= 11 is 0. The van der Waals surface area contributed by atoms with Crippen LogP contribution in [0.4, 0.5) is 0 Å². The fraction of sp³-hybridized carbons (Fsp3) is 0.409. The zero-order valence-corrected chi connectivity index (χ0v) is 15.1. The van der Waals surface area contributed by atoms with Gasteiger partial charge < -0.3 is 10.5 Å². The number of ether oxygens (including phenoxy) is 1. The van der Waals surface area contributed by atoms with Gasteiger partial charge in [0.25, 0.3) is 0 Å². The Morgan fingerprint density at radius 1 is 1.08 bits per heavy atom. The first-order valence-electron chi connectivity index (χ1n) is 9.56. The molecule has 0 aromatic heterocycles. The van der Waals surface area contributed by atoms with Gasteiger partial charge in [-0.25, -0.2) is 0 Å². The molecule has 1 saturated heterocycles. The Morgan fingerprint density at radius 3 is 2.62 bits per heavy atom. The van der Waals surface area contributed by atoms with Crippen molar-refractivity contribution in [1.82, 2.24) is 4.90 Å². The van der Waals surface area contributed by atoms with Crippen LogP contribution in [0.2, 0.25) is 0 Å². The van der Waals surface area contributed by atoms with E-state index in [0.717, 1.165) is 37.2 Å². The molecule has 1 unspecified atom stereocenters. The molecule has 2 heterocycles. The number of aryl methyl sites for hydroxylation is 2. The molecule has 0 radical (unpaired) electrons. The quantitative estimate of drug-likeness (QED) is 0.902. The molecule has 0 bridgehead atoms. The molecule has 2 N–H and O–H groups in total. The summed E-state index contributed by atoms with van der Waals surface area (Å²) in [4.78, 5) is 13.9. The topological polar surface area (TPSA) is 55.6 Å². The van der Waals surface area contributed by atoms with Crippen LogP contribution in [0, 0.1) is 0 Å². The normalized spacial score (nSPS) is 19.8. The minimum atomic E-state index is -0.374.